The van der Waals surface area contributed by atoms with E-state index in [9.17, 15) is 4.79 Å². The van der Waals surface area contributed by atoms with E-state index in [4.69, 9.17) is 5.73 Å². The molecule has 0 atom stereocenters. The van der Waals surface area contributed by atoms with Gasteiger partial charge < -0.3 is 20.9 Å². The Labute approximate surface area is 101 Å². The van der Waals surface area contributed by atoms with Crippen molar-refractivity contribution < 1.29 is 4.79 Å². The standard InChI is InChI=1S/C12H20N4O/c13-5-8-15-12(17)11-2-1-9-16(11)10-3-6-14-7-4-10/h1-2,9-10,14H,3-8,13H2,(H,15,17). The highest BCUT2D eigenvalue weighted by Gasteiger charge is 2.19. The van der Waals surface area contributed by atoms with E-state index >= 15 is 0 Å². The van der Waals surface area contributed by atoms with Crippen LogP contribution in [0.1, 0.15) is 29.4 Å². The van der Waals surface area contributed by atoms with Gasteiger partial charge in [0.25, 0.3) is 5.91 Å². The average molecular weight is 236 g/mol. The van der Waals surface area contributed by atoms with Gasteiger partial charge in [-0.05, 0) is 38.1 Å². The molecule has 0 aromatic carbocycles. The third kappa shape index (κ3) is 2.87. The van der Waals surface area contributed by atoms with Gasteiger partial charge in [0.15, 0.2) is 0 Å². The number of piperidine rings is 1. The van der Waals surface area contributed by atoms with Gasteiger partial charge in [0, 0.05) is 25.3 Å². The Balaban J connectivity index is 2.07. The van der Waals surface area contributed by atoms with Crippen molar-refractivity contribution in [3.05, 3.63) is 24.0 Å². The maximum absolute atomic E-state index is 11.9. The summed E-state index contributed by atoms with van der Waals surface area (Å²) in [6.45, 7) is 3.04. The van der Waals surface area contributed by atoms with Crippen LogP contribution in [0.3, 0.4) is 0 Å². The van der Waals surface area contributed by atoms with Crippen molar-refractivity contribution in [2.45, 2.75) is 18.9 Å². The number of amides is 1. The largest absolute Gasteiger partial charge is 0.349 e. The van der Waals surface area contributed by atoms with Crippen LogP contribution in [-0.4, -0.2) is 36.7 Å². The lowest BCUT2D eigenvalue weighted by molar-refractivity contribution is 0.0942. The third-order valence-corrected chi connectivity index (χ3v) is 3.14. The maximum atomic E-state index is 11.9. The number of nitrogens with one attached hydrogen (secondary N) is 2. The predicted molar refractivity (Wildman–Crippen MR) is 67.0 cm³/mol. The van der Waals surface area contributed by atoms with Gasteiger partial charge >= 0.3 is 0 Å². The van der Waals surface area contributed by atoms with E-state index in [0.29, 0.717) is 19.1 Å². The van der Waals surface area contributed by atoms with Gasteiger partial charge in [-0.25, -0.2) is 0 Å². The average Bonchev–Trinajstić information content (AvgIpc) is 2.86. The topological polar surface area (TPSA) is 72.1 Å². The second-order valence-corrected chi connectivity index (χ2v) is 4.33. The number of carbonyl (C=O) groups excluding carboxylic acids is 1. The lowest BCUT2D eigenvalue weighted by Crippen LogP contribution is -2.34. The number of hydrogen-bond acceptors (Lipinski definition) is 3. The molecule has 1 aliphatic heterocycles. The molecule has 5 nitrogen and oxygen atoms in total. The highest BCUT2D eigenvalue weighted by Crippen LogP contribution is 2.21. The summed E-state index contributed by atoms with van der Waals surface area (Å²) in [6.07, 6.45) is 4.14. The minimum absolute atomic E-state index is 0.0287. The molecule has 0 aliphatic carbocycles. The molecule has 1 aliphatic rings. The molecule has 0 spiro atoms. The zero-order valence-corrected chi connectivity index (χ0v) is 9.98. The second-order valence-electron chi connectivity index (χ2n) is 4.33. The van der Waals surface area contributed by atoms with Gasteiger partial charge in [0.1, 0.15) is 5.69 Å². The van der Waals surface area contributed by atoms with Crippen molar-refractivity contribution in [3.8, 4) is 0 Å². The normalized spacial score (nSPS) is 17.0. The Morgan fingerprint density at radius 3 is 3.00 bits per heavy atom. The molecule has 0 unspecified atom stereocenters. The molecule has 1 fully saturated rings. The van der Waals surface area contributed by atoms with Crippen LogP contribution in [0.15, 0.2) is 18.3 Å². The van der Waals surface area contributed by atoms with Crippen molar-refractivity contribution in [2.75, 3.05) is 26.2 Å². The number of rotatable bonds is 4. The van der Waals surface area contributed by atoms with Crippen LogP contribution in [0, 0.1) is 0 Å². The second kappa shape index (κ2) is 5.84. The maximum Gasteiger partial charge on any atom is 0.267 e. The predicted octanol–water partition coefficient (Wildman–Crippen LogP) is 0.101. The van der Waals surface area contributed by atoms with E-state index in [1.54, 1.807) is 0 Å². The number of nitrogens with zero attached hydrogens (tertiary/aromatic N) is 1. The van der Waals surface area contributed by atoms with Crippen molar-refractivity contribution >= 4 is 5.91 Å². The van der Waals surface area contributed by atoms with Gasteiger partial charge in [-0.15, -0.1) is 0 Å². The first-order chi connectivity index (χ1) is 8.33. The Bertz CT molecular complexity index is 368. The lowest BCUT2D eigenvalue weighted by Gasteiger charge is -2.25. The first kappa shape index (κ1) is 12.1. The number of carbonyl (C=O) groups is 1. The van der Waals surface area contributed by atoms with Gasteiger partial charge in [0.05, 0.1) is 0 Å². The third-order valence-electron chi connectivity index (χ3n) is 3.14. The number of aromatic nitrogens is 1. The summed E-state index contributed by atoms with van der Waals surface area (Å²) in [5.74, 6) is -0.0287. The zero-order chi connectivity index (χ0) is 12.1. The highest BCUT2D eigenvalue weighted by molar-refractivity contribution is 5.92. The molecule has 94 valence electrons. The van der Waals surface area contributed by atoms with Crippen LogP contribution in [0.5, 0.6) is 0 Å². The van der Waals surface area contributed by atoms with Crippen molar-refractivity contribution in [1.82, 2.24) is 15.2 Å². The van der Waals surface area contributed by atoms with Crippen LogP contribution in [0.4, 0.5) is 0 Å². The number of hydrogen-bond donors (Lipinski definition) is 3. The monoisotopic (exact) mass is 236 g/mol. The minimum Gasteiger partial charge on any atom is -0.349 e. The first-order valence-corrected chi connectivity index (χ1v) is 6.18. The molecule has 2 heterocycles. The van der Waals surface area contributed by atoms with E-state index in [0.717, 1.165) is 31.6 Å². The Hall–Kier alpha value is -1.33. The van der Waals surface area contributed by atoms with Crippen LogP contribution in [0.2, 0.25) is 0 Å². The molecule has 1 saturated heterocycles. The van der Waals surface area contributed by atoms with Crippen LogP contribution in [0.25, 0.3) is 0 Å². The molecule has 2 rings (SSSR count). The molecule has 4 N–H and O–H groups in total. The van der Waals surface area contributed by atoms with Crippen molar-refractivity contribution in [1.29, 1.82) is 0 Å². The van der Waals surface area contributed by atoms with E-state index in [1.807, 2.05) is 18.3 Å². The van der Waals surface area contributed by atoms with Gasteiger partial charge in [-0.1, -0.05) is 0 Å². The van der Waals surface area contributed by atoms with Crippen LogP contribution >= 0.6 is 0 Å². The summed E-state index contributed by atoms with van der Waals surface area (Å²) in [5, 5.41) is 6.14. The fourth-order valence-corrected chi connectivity index (χ4v) is 2.27. The molecular formula is C12H20N4O. The van der Waals surface area contributed by atoms with Crippen molar-refractivity contribution in [3.63, 3.8) is 0 Å². The van der Waals surface area contributed by atoms with E-state index in [1.165, 1.54) is 0 Å². The first-order valence-electron chi connectivity index (χ1n) is 6.18. The summed E-state index contributed by atoms with van der Waals surface area (Å²) >= 11 is 0. The Morgan fingerprint density at radius 1 is 1.53 bits per heavy atom. The quantitative estimate of drug-likeness (QED) is 0.694. The van der Waals surface area contributed by atoms with E-state index in [-0.39, 0.29) is 5.91 Å². The molecule has 1 aromatic heterocycles. The van der Waals surface area contributed by atoms with Crippen LogP contribution in [-0.2, 0) is 0 Å². The summed E-state index contributed by atoms with van der Waals surface area (Å²) < 4.78 is 2.09. The van der Waals surface area contributed by atoms with Gasteiger partial charge in [0.2, 0.25) is 0 Å². The number of nitrogens with two attached hydrogens (primary N) is 1. The van der Waals surface area contributed by atoms with Crippen molar-refractivity contribution in [2.24, 2.45) is 5.73 Å². The molecule has 0 saturated carbocycles. The molecule has 1 aromatic rings. The fraction of sp³-hybridized carbons (Fsp3) is 0.583. The molecule has 0 radical (unpaired) electrons. The smallest absolute Gasteiger partial charge is 0.267 e. The summed E-state index contributed by atoms with van der Waals surface area (Å²) in [4.78, 5) is 11.9. The molecular weight excluding hydrogens is 216 g/mol. The molecule has 0 bridgehead atoms. The fourth-order valence-electron chi connectivity index (χ4n) is 2.27. The summed E-state index contributed by atoms with van der Waals surface area (Å²) in [5.41, 5.74) is 6.12. The Kier molecular flexibility index (Phi) is 4.17. The van der Waals surface area contributed by atoms with E-state index < -0.39 is 0 Å². The SMILES string of the molecule is NCCNC(=O)c1cccn1C1CCNCC1. The van der Waals surface area contributed by atoms with E-state index in [2.05, 4.69) is 15.2 Å². The summed E-state index contributed by atoms with van der Waals surface area (Å²) in [7, 11) is 0. The molecule has 5 heteroatoms. The van der Waals surface area contributed by atoms with Gasteiger partial charge in [-0.3, -0.25) is 4.79 Å². The van der Waals surface area contributed by atoms with Gasteiger partial charge in [-0.2, -0.15) is 0 Å². The minimum atomic E-state index is -0.0287. The molecule has 1 amide bonds. The summed E-state index contributed by atoms with van der Waals surface area (Å²) in [6, 6.07) is 4.23. The van der Waals surface area contributed by atoms with Crippen LogP contribution < -0.4 is 16.4 Å². The highest BCUT2D eigenvalue weighted by atomic mass is 16.1. The molecule has 17 heavy (non-hydrogen) atoms. The Morgan fingerprint density at radius 2 is 2.29 bits per heavy atom. The lowest BCUT2D eigenvalue weighted by atomic mass is 10.1. The zero-order valence-electron chi connectivity index (χ0n) is 9.98.